The van der Waals surface area contributed by atoms with Gasteiger partial charge in [0, 0.05) is 12.8 Å². The minimum atomic E-state index is -0.191. The lowest BCUT2D eigenvalue weighted by atomic mass is 10.4. The third-order valence-corrected chi connectivity index (χ3v) is 1.89. The van der Waals surface area contributed by atoms with E-state index in [4.69, 9.17) is 0 Å². The molecule has 0 fully saturated rings. The summed E-state index contributed by atoms with van der Waals surface area (Å²) in [5.74, 6) is 0.344. The molecule has 17 heavy (non-hydrogen) atoms. The SMILES string of the molecule is CCC(=O)Nc1nc(C)nc(NC(=O)CC)n1. The lowest BCUT2D eigenvalue weighted by Crippen LogP contribution is -2.17. The number of hydrogen-bond acceptors (Lipinski definition) is 5. The van der Waals surface area contributed by atoms with Gasteiger partial charge in [0.15, 0.2) is 0 Å². The Labute approximate surface area is 99.1 Å². The molecule has 2 N–H and O–H groups in total. The predicted molar refractivity (Wildman–Crippen MR) is 62.4 cm³/mol. The minimum Gasteiger partial charge on any atom is -0.294 e. The average Bonchev–Trinajstić information content (AvgIpc) is 2.27. The van der Waals surface area contributed by atoms with Crippen molar-refractivity contribution in [2.75, 3.05) is 10.6 Å². The Morgan fingerprint density at radius 1 is 0.941 bits per heavy atom. The van der Waals surface area contributed by atoms with Crippen LogP contribution in [-0.2, 0) is 9.59 Å². The number of carbonyl (C=O) groups is 2. The average molecular weight is 237 g/mol. The molecule has 0 saturated carbocycles. The van der Waals surface area contributed by atoms with Crippen molar-refractivity contribution < 1.29 is 9.59 Å². The third-order valence-electron chi connectivity index (χ3n) is 1.89. The third kappa shape index (κ3) is 4.13. The molecule has 1 aromatic heterocycles. The van der Waals surface area contributed by atoms with Gasteiger partial charge in [0.25, 0.3) is 0 Å². The van der Waals surface area contributed by atoms with Crippen molar-refractivity contribution >= 4 is 23.7 Å². The highest BCUT2D eigenvalue weighted by Crippen LogP contribution is 2.05. The highest BCUT2D eigenvalue weighted by atomic mass is 16.2. The fourth-order valence-electron chi connectivity index (χ4n) is 1.02. The molecule has 0 bridgehead atoms. The number of hydrogen-bond donors (Lipinski definition) is 2. The van der Waals surface area contributed by atoms with Crippen molar-refractivity contribution in [1.29, 1.82) is 0 Å². The number of aromatic nitrogens is 3. The van der Waals surface area contributed by atoms with Crippen LogP contribution in [0.4, 0.5) is 11.9 Å². The second kappa shape index (κ2) is 5.88. The van der Waals surface area contributed by atoms with E-state index in [1.54, 1.807) is 20.8 Å². The van der Waals surface area contributed by atoms with Crippen LogP contribution in [0.25, 0.3) is 0 Å². The zero-order valence-electron chi connectivity index (χ0n) is 10.1. The molecule has 0 spiro atoms. The molecule has 0 atom stereocenters. The van der Waals surface area contributed by atoms with Crippen LogP contribution in [0.5, 0.6) is 0 Å². The number of nitrogens with zero attached hydrogens (tertiary/aromatic N) is 3. The summed E-state index contributed by atoms with van der Waals surface area (Å²) in [5.41, 5.74) is 0. The van der Waals surface area contributed by atoms with Crippen molar-refractivity contribution in [3.05, 3.63) is 5.82 Å². The summed E-state index contributed by atoms with van der Waals surface area (Å²) in [5, 5.41) is 5.02. The number of anilines is 2. The molecular weight excluding hydrogens is 222 g/mol. The second-order valence-corrected chi connectivity index (χ2v) is 3.33. The van der Waals surface area contributed by atoms with Gasteiger partial charge in [-0.15, -0.1) is 0 Å². The van der Waals surface area contributed by atoms with Gasteiger partial charge < -0.3 is 0 Å². The molecule has 0 radical (unpaired) electrons. The molecule has 2 amide bonds. The summed E-state index contributed by atoms with van der Waals surface area (Å²) in [6.45, 7) is 5.11. The Kier molecular flexibility index (Phi) is 4.50. The van der Waals surface area contributed by atoms with Crippen molar-refractivity contribution in [3.8, 4) is 0 Å². The van der Waals surface area contributed by atoms with Gasteiger partial charge in [-0.25, -0.2) is 0 Å². The van der Waals surface area contributed by atoms with Gasteiger partial charge in [-0.1, -0.05) is 13.8 Å². The lowest BCUT2D eigenvalue weighted by molar-refractivity contribution is -0.116. The first-order chi connectivity index (χ1) is 8.05. The Morgan fingerprint density at radius 3 is 1.71 bits per heavy atom. The Morgan fingerprint density at radius 2 is 1.35 bits per heavy atom. The topological polar surface area (TPSA) is 96.9 Å². The van der Waals surface area contributed by atoms with Crippen molar-refractivity contribution in [3.63, 3.8) is 0 Å². The smallest absolute Gasteiger partial charge is 0.234 e. The largest absolute Gasteiger partial charge is 0.294 e. The number of nitrogens with one attached hydrogen (secondary N) is 2. The minimum absolute atomic E-state index is 0.149. The molecule has 0 aliphatic heterocycles. The highest BCUT2D eigenvalue weighted by molar-refractivity contribution is 5.90. The van der Waals surface area contributed by atoms with Crippen molar-refractivity contribution in [2.45, 2.75) is 33.6 Å². The van der Waals surface area contributed by atoms with Crippen LogP contribution in [0.15, 0.2) is 0 Å². The molecule has 0 aliphatic carbocycles. The van der Waals surface area contributed by atoms with Crippen LogP contribution >= 0.6 is 0 Å². The first kappa shape index (κ1) is 13.0. The molecule has 1 rings (SSSR count). The highest BCUT2D eigenvalue weighted by Gasteiger charge is 2.08. The standard InChI is InChI=1S/C10H15N5O2/c1-4-7(16)13-9-11-6(3)12-10(15-9)14-8(17)5-2/h4-5H2,1-3H3,(H2,11,12,13,14,15,16,17). The summed E-state index contributed by atoms with van der Waals surface area (Å²) >= 11 is 0. The quantitative estimate of drug-likeness (QED) is 0.810. The number of aryl methyl sites for hydroxylation is 1. The summed E-state index contributed by atoms with van der Waals surface area (Å²) in [6, 6.07) is 0. The van der Waals surface area contributed by atoms with Gasteiger partial charge >= 0.3 is 0 Å². The van der Waals surface area contributed by atoms with Crippen LogP contribution in [0.3, 0.4) is 0 Å². The van der Waals surface area contributed by atoms with Gasteiger partial charge in [0.2, 0.25) is 23.7 Å². The maximum absolute atomic E-state index is 11.2. The van der Waals surface area contributed by atoms with Crippen LogP contribution in [0.1, 0.15) is 32.5 Å². The van der Waals surface area contributed by atoms with Gasteiger partial charge in [-0.2, -0.15) is 15.0 Å². The molecule has 7 heteroatoms. The number of rotatable bonds is 4. The number of amides is 2. The predicted octanol–water partition coefficient (Wildman–Crippen LogP) is 0.877. The van der Waals surface area contributed by atoms with Gasteiger partial charge in [-0.05, 0) is 6.92 Å². The van der Waals surface area contributed by atoms with E-state index in [2.05, 4.69) is 25.6 Å². The van der Waals surface area contributed by atoms with E-state index in [0.29, 0.717) is 18.7 Å². The maximum atomic E-state index is 11.2. The molecule has 0 unspecified atom stereocenters. The zero-order valence-corrected chi connectivity index (χ0v) is 10.1. The van der Waals surface area contributed by atoms with Gasteiger partial charge in [0.1, 0.15) is 5.82 Å². The molecule has 0 aromatic carbocycles. The Balaban J connectivity index is 2.86. The maximum Gasteiger partial charge on any atom is 0.234 e. The van der Waals surface area contributed by atoms with E-state index >= 15 is 0 Å². The molecular formula is C10H15N5O2. The van der Waals surface area contributed by atoms with Gasteiger partial charge in [-0.3, -0.25) is 20.2 Å². The Hall–Kier alpha value is -2.05. The van der Waals surface area contributed by atoms with E-state index in [9.17, 15) is 9.59 Å². The summed E-state index contributed by atoms with van der Waals surface area (Å²) in [4.78, 5) is 34.2. The molecule has 1 aromatic rings. The van der Waals surface area contributed by atoms with Gasteiger partial charge in [0.05, 0.1) is 0 Å². The van der Waals surface area contributed by atoms with Crippen LogP contribution in [-0.4, -0.2) is 26.8 Å². The first-order valence-electron chi connectivity index (χ1n) is 5.37. The zero-order chi connectivity index (χ0) is 12.8. The Bertz CT molecular complexity index is 396. The van der Waals surface area contributed by atoms with Crippen molar-refractivity contribution in [2.24, 2.45) is 0 Å². The van der Waals surface area contributed by atoms with E-state index in [1.165, 1.54) is 0 Å². The summed E-state index contributed by atoms with van der Waals surface area (Å²) in [7, 11) is 0. The van der Waals surface area contributed by atoms with Crippen LogP contribution < -0.4 is 10.6 Å². The van der Waals surface area contributed by atoms with Crippen LogP contribution in [0, 0.1) is 6.92 Å². The second-order valence-electron chi connectivity index (χ2n) is 3.33. The van der Waals surface area contributed by atoms with Crippen molar-refractivity contribution in [1.82, 2.24) is 15.0 Å². The summed E-state index contributed by atoms with van der Waals surface area (Å²) < 4.78 is 0. The van der Waals surface area contributed by atoms with E-state index in [-0.39, 0.29) is 23.7 Å². The molecule has 0 saturated heterocycles. The normalized spacial score (nSPS) is 9.82. The molecule has 92 valence electrons. The lowest BCUT2D eigenvalue weighted by Gasteiger charge is -2.06. The van der Waals surface area contributed by atoms with E-state index < -0.39 is 0 Å². The van der Waals surface area contributed by atoms with E-state index in [1.807, 2.05) is 0 Å². The first-order valence-corrected chi connectivity index (χ1v) is 5.37. The monoisotopic (exact) mass is 237 g/mol. The summed E-state index contributed by atoms with van der Waals surface area (Å²) in [6.07, 6.45) is 0.669. The molecule has 7 nitrogen and oxygen atoms in total. The van der Waals surface area contributed by atoms with Crippen LogP contribution in [0.2, 0.25) is 0 Å². The number of carbonyl (C=O) groups excluding carboxylic acids is 2. The molecule has 1 heterocycles. The molecule has 0 aliphatic rings. The van der Waals surface area contributed by atoms with E-state index in [0.717, 1.165) is 0 Å². The fourth-order valence-corrected chi connectivity index (χ4v) is 1.02. The fraction of sp³-hybridized carbons (Fsp3) is 0.500.